The van der Waals surface area contributed by atoms with Gasteiger partial charge in [0.25, 0.3) is 0 Å². The summed E-state index contributed by atoms with van der Waals surface area (Å²) in [5.74, 6) is 0. The van der Waals surface area contributed by atoms with Gasteiger partial charge >= 0.3 is 0 Å². The predicted molar refractivity (Wildman–Crippen MR) is 46.9 cm³/mol. The SMILES string of the molecule is CC/C=C(C)/C(C)=C\NC. The fourth-order valence-electron chi connectivity index (χ4n) is 0.798. The molecule has 0 heterocycles. The molecule has 0 saturated carbocycles. The van der Waals surface area contributed by atoms with Crippen molar-refractivity contribution in [2.75, 3.05) is 7.05 Å². The lowest BCUT2D eigenvalue weighted by Gasteiger charge is -1.99. The van der Waals surface area contributed by atoms with Crippen molar-refractivity contribution in [3.8, 4) is 0 Å². The highest BCUT2D eigenvalue weighted by Crippen LogP contribution is 2.06. The van der Waals surface area contributed by atoms with Crippen molar-refractivity contribution in [2.45, 2.75) is 27.2 Å². The summed E-state index contributed by atoms with van der Waals surface area (Å²) >= 11 is 0. The molecule has 0 atom stereocenters. The first-order valence-corrected chi connectivity index (χ1v) is 3.73. The van der Waals surface area contributed by atoms with E-state index in [0.717, 1.165) is 6.42 Å². The molecule has 0 aliphatic carbocycles. The smallest absolute Gasteiger partial charge is 0.00278 e. The average molecular weight is 139 g/mol. The first kappa shape index (κ1) is 9.28. The van der Waals surface area contributed by atoms with E-state index in [1.807, 2.05) is 13.2 Å². The fourth-order valence-corrected chi connectivity index (χ4v) is 0.798. The summed E-state index contributed by atoms with van der Waals surface area (Å²) in [7, 11) is 1.92. The Morgan fingerprint density at radius 2 is 1.90 bits per heavy atom. The molecule has 0 aromatic carbocycles. The molecule has 10 heavy (non-hydrogen) atoms. The van der Waals surface area contributed by atoms with Crippen LogP contribution in [0.2, 0.25) is 0 Å². The van der Waals surface area contributed by atoms with Crippen LogP contribution in [0.3, 0.4) is 0 Å². The van der Waals surface area contributed by atoms with Crippen molar-refractivity contribution >= 4 is 0 Å². The maximum absolute atomic E-state index is 3.00. The van der Waals surface area contributed by atoms with Crippen LogP contribution in [0, 0.1) is 0 Å². The van der Waals surface area contributed by atoms with Gasteiger partial charge in [0, 0.05) is 7.05 Å². The molecule has 0 spiro atoms. The van der Waals surface area contributed by atoms with E-state index in [4.69, 9.17) is 0 Å². The molecule has 0 radical (unpaired) electrons. The second kappa shape index (κ2) is 5.10. The Bertz CT molecular complexity index is 125. The lowest BCUT2D eigenvalue weighted by atomic mass is 10.1. The monoisotopic (exact) mass is 139 g/mol. The predicted octanol–water partition coefficient (Wildman–Crippen LogP) is 2.47. The third kappa shape index (κ3) is 3.33. The van der Waals surface area contributed by atoms with E-state index in [9.17, 15) is 0 Å². The van der Waals surface area contributed by atoms with Crippen LogP contribution in [0.15, 0.2) is 23.4 Å². The van der Waals surface area contributed by atoms with Gasteiger partial charge in [-0.3, -0.25) is 0 Å². The molecule has 1 nitrogen and oxygen atoms in total. The molecule has 0 saturated heterocycles. The second-order valence-corrected chi connectivity index (χ2v) is 2.41. The molecule has 0 aliphatic heterocycles. The van der Waals surface area contributed by atoms with Gasteiger partial charge in [-0.05, 0) is 32.0 Å². The highest BCUT2D eigenvalue weighted by molar-refractivity contribution is 5.25. The molecular formula is C9H17N. The third-order valence-corrected chi connectivity index (χ3v) is 1.49. The summed E-state index contributed by atoms with van der Waals surface area (Å²) in [6.45, 7) is 6.39. The number of rotatable bonds is 3. The van der Waals surface area contributed by atoms with Crippen molar-refractivity contribution in [2.24, 2.45) is 0 Å². The summed E-state index contributed by atoms with van der Waals surface area (Å²) in [4.78, 5) is 0. The van der Waals surface area contributed by atoms with Crippen LogP contribution in [-0.2, 0) is 0 Å². The van der Waals surface area contributed by atoms with E-state index < -0.39 is 0 Å². The van der Waals surface area contributed by atoms with Crippen LogP contribution in [0.25, 0.3) is 0 Å². The van der Waals surface area contributed by atoms with Crippen molar-refractivity contribution in [3.63, 3.8) is 0 Å². The minimum atomic E-state index is 1.11. The summed E-state index contributed by atoms with van der Waals surface area (Å²) in [6.07, 6.45) is 5.35. The maximum atomic E-state index is 3.00. The van der Waals surface area contributed by atoms with E-state index in [0.29, 0.717) is 0 Å². The lowest BCUT2D eigenvalue weighted by Crippen LogP contribution is -1.95. The van der Waals surface area contributed by atoms with Crippen molar-refractivity contribution in [1.82, 2.24) is 5.32 Å². The Balaban J connectivity index is 4.06. The highest BCUT2D eigenvalue weighted by atomic mass is 14.8. The Labute approximate surface area is 63.8 Å². The maximum Gasteiger partial charge on any atom is 0.00278 e. The Kier molecular flexibility index (Phi) is 4.73. The quantitative estimate of drug-likeness (QED) is 0.592. The van der Waals surface area contributed by atoms with Gasteiger partial charge in [-0.15, -0.1) is 0 Å². The van der Waals surface area contributed by atoms with Gasteiger partial charge in [0.2, 0.25) is 0 Å². The van der Waals surface area contributed by atoms with Crippen LogP contribution >= 0.6 is 0 Å². The van der Waals surface area contributed by atoms with Gasteiger partial charge in [-0.25, -0.2) is 0 Å². The lowest BCUT2D eigenvalue weighted by molar-refractivity contribution is 1.07. The zero-order valence-electron chi connectivity index (χ0n) is 7.36. The van der Waals surface area contributed by atoms with Gasteiger partial charge in [0.05, 0.1) is 0 Å². The van der Waals surface area contributed by atoms with E-state index in [-0.39, 0.29) is 0 Å². The minimum absolute atomic E-state index is 1.11. The topological polar surface area (TPSA) is 12.0 Å². The molecule has 0 rings (SSSR count). The van der Waals surface area contributed by atoms with Gasteiger partial charge in [0.1, 0.15) is 0 Å². The normalized spacial score (nSPS) is 13.6. The summed E-state index contributed by atoms with van der Waals surface area (Å²) in [5.41, 5.74) is 2.67. The molecule has 0 aromatic heterocycles. The molecule has 0 aliphatic rings. The third-order valence-electron chi connectivity index (χ3n) is 1.49. The Morgan fingerprint density at radius 1 is 1.30 bits per heavy atom. The van der Waals surface area contributed by atoms with Gasteiger partial charge in [-0.1, -0.05) is 18.6 Å². The van der Waals surface area contributed by atoms with Crippen LogP contribution < -0.4 is 5.32 Å². The molecule has 0 unspecified atom stereocenters. The van der Waals surface area contributed by atoms with E-state index in [1.54, 1.807) is 0 Å². The largest absolute Gasteiger partial charge is 0.394 e. The van der Waals surface area contributed by atoms with Gasteiger partial charge in [0.15, 0.2) is 0 Å². The second-order valence-electron chi connectivity index (χ2n) is 2.41. The van der Waals surface area contributed by atoms with E-state index in [2.05, 4.69) is 32.2 Å². The van der Waals surface area contributed by atoms with Gasteiger partial charge < -0.3 is 5.32 Å². The van der Waals surface area contributed by atoms with Crippen LogP contribution in [-0.4, -0.2) is 7.05 Å². The average Bonchev–Trinajstić information content (AvgIpc) is 1.89. The number of hydrogen-bond donors (Lipinski definition) is 1. The van der Waals surface area contributed by atoms with E-state index in [1.165, 1.54) is 11.1 Å². The number of hydrogen-bond acceptors (Lipinski definition) is 1. The zero-order chi connectivity index (χ0) is 7.98. The summed E-state index contributed by atoms with van der Waals surface area (Å²) in [5, 5.41) is 3.00. The molecule has 0 bridgehead atoms. The van der Waals surface area contributed by atoms with E-state index >= 15 is 0 Å². The van der Waals surface area contributed by atoms with Gasteiger partial charge in [-0.2, -0.15) is 0 Å². The molecule has 0 fully saturated rings. The van der Waals surface area contributed by atoms with Crippen molar-refractivity contribution in [1.29, 1.82) is 0 Å². The molecule has 0 aromatic rings. The van der Waals surface area contributed by atoms with Crippen LogP contribution in [0.4, 0.5) is 0 Å². The van der Waals surface area contributed by atoms with Crippen molar-refractivity contribution < 1.29 is 0 Å². The standard InChI is InChI=1S/C9H17N/c1-5-6-8(2)9(3)7-10-4/h6-7,10H,5H2,1-4H3/b8-6+,9-7-. The zero-order valence-corrected chi connectivity index (χ0v) is 7.36. The van der Waals surface area contributed by atoms with Crippen molar-refractivity contribution in [3.05, 3.63) is 23.4 Å². The minimum Gasteiger partial charge on any atom is -0.394 e. The summed E-state index contributed by atoms with van der Waals surface area (Å²) in [6, 6.07) is 0. The molecule has 58 valence electrons. The van der Waals surface area contributed by atoms with Crippen LogP contribution in [0.1, 0.15) is 27.2 Å². The molecular weight excluding hydrogens is 122 g/mol. The molecule has 1 N–H and O–H groups in total. The Hall–Kier alpha value is -0.720. The molecule has 0 amide bonds. The first-order chi connectivity index (χ1) is 4.72. The summed E-state index contributed by atoms with van der Waals surface area (Å²) < 4.78 is 0. The Morgan fingerprint density at radius 3 is 2.30 bits per heavy atom. The molecule has 1 heteroatoms. The number of allylic oxidation sites excluding steroid dienone is 3. The fraction of sp³-hybridized carbons (Fsp3) is 0.556. The highest BCUT2D eigenvalue weighted by Gasteiger charge is 1.88. The first-order valence-electron chi connectivity index (χ1n) is 3.73. The van der Waals surface area contributed by atoms with Crippen LogP contribution in [0.5, 0.6) is 0 Å². The number of nitrogens with one attached hydrogen (secondary N) is 1.